The monoisotopic (exact) mass is 388 g/mol. The molecule has 3 rings (SSSR count). The highest BCUT2D eigenvalue weighted by molar-refractivity contribution is 7.17. The van der Waals surface area contributed by atoms with Gasteiger partial charge in [0.25, 0.3) is 11.8 Å². The van der Waals surface area contributed by atoms with E-state index in [1.165, 1.54) is 16.2 Å². The van der Waals surface area contributed by atoms with E-state index in [1.54, 1.807) is 33.2 Å². The zero-order valence-electron chi connectivity index (χ0n) is 15.8. The quantitative estimate of drug-likeness (QED) is 0.795. The molecule has 1 aliphatic carbocycles. The molecule has 1 unspecified atom stereocenters. The zero-order chi connectivity index (χ0) is 19.4. The molecule has 6 nitrogen and oxygen atoms in total. The molecule has 0 aliphatic heterocycles. The Morgan fingerprint density at radius 1 is 1.15 bits per heavy atom. The van der Waals surface area contributed by atoms with E-state index in [1.807, 2.05) is 12.1 Å². The first-order chi connectivity index (χ1) is 13.0. The molecule has 1 aromatic heterocycles. The second-order valence-corrected chi connectivity index (χ2v) is 7.50. The van der Waals surface area contributed by atoms with Gasteiger partial charge in [-0.05, 0) is 50.3 Å². The number of nitrogens with one attached hydrogen (secondary N) is 2. The molecule has 0 fully saturated rings. The first kappa shape index (κ1) is 19.2. The van der Waals surface area contributed by atoms with Gasteiger partial charge < -0.3 is 20.1 Å². The molecule has 7 heteroatoms. The minimum Gasteiger partial charge on any atom is -0.493 e. The van der Waals surface area contributed by atoms with Gasteiger partial charge in [-0.3, -0.25) is 9.59 Å². The number of amides is 2. The van der Waals surface area contributed by atoms with Gasteiger partial charge >= 0.3 is 0 Å². The summed E-state index contributed by atoms with van der Waals surface area (Å²) in [5.41, 5.74) is 1.66. The molecule has 1 atom stereocenters. The van der Waals surface area contributed by atoms with Crippen LogP contribution in [0.1, 0.15) is 40.6 Å². The molecule has 2 aromatic rings. The van der Waals surface area contributed by atoms with Crippen molar-refractivity contribution in [3.63, 3.8) is 0 Å². The molecule has 1 heterocycles. The number of ether oxygens (including phenoxy) is 2. The molecular formula is C20H24N2O4S. The molecule has 27 heavy (non-hydrogen) atoms. The van der Waals surface area contributed by atoms with Crippen LogP contribution < -0.4 is 20.1 Å². The Labute approximate surface area is 162 Å². The van der Waals surface area contributed by atoms with Crippen LogP contribution in [0.25, 0.3) is 0 Å². The van der Waals surface area contributed by atoms with Crippen molar-refractivity contribution in [3.8, 4) is 11.5 Å². The van der Waals surface area contributed by atoms with Gasteiger partial charge in [0.1, 0.15) is 5.00 Å². The minimum absolute atomic E-state index is 0.164. The van der Waals surface area contributed by atoms with Crippen LogP contribution in [0, 0.1) is 0 Å². The molecule has 0 saturated heterocycles. The normalized spacial score (nSPS) is 14.0. The summed E-state index contributed by atoms with van der Waals surface area (Å²) >= 11 is 1.49. The van der Waals surface area contributed by atoms with Gasteiger partial charge in [0.2, 0.25) is 0 Å². The van der Waals surface area contributed by atoms with E-state index in [-0.39, 0.29) is 11.8 Å². The summed E-state index contributed by atoms with van der Waals surface area (Å²) in [6, 6.07) is 7.18. The predicted octanol–water partition coefficient (Wildman–Crippen LogP) is 3.40. The smallest absolute Gasteiger partial charge is 0.265 e. The van der Waals surface area contributed by atoms with Crippen LogP contribution in [-0.4, -0.2) is 32.1 Å². The fraction of sp³-hybridized carbons (Fsp3) is 0.400. The number of rotatable bonds is 6. The van der Waals surface area contributed by atoms with Crippen molar-refractivity contribution in [1.82, 2.24) is 5.32 Å². The second-order valence-electron chi connectivity index (χ2n) is 6.39. The van der Waals surface area contributed by atoms with E-state index in [0.717, 1.165) is 31.2 Å². The van der Waals surface area contributed by atoms with Gasteiger partial charge in [-0.25, -0.2) is 0 Å². The van der Waals surface area contributed by atoms with Crippen LogP contribution in [0.2, 0.25) is 0 Å². The molecule has 0 bridgehead atoms. The van der Waals surface area contributed by atoms with Crippen LogP contribution >= 0.6 is 11.3 Å². The lowest BCUT2D eigenvalue weighted by atomic mass is 9.95. The highest BCUT2D eigenvalue weighted by Gasteiger charge is 2.27. The molecule has 2 N–H and O–H groups in total. The number of anilines is 1. The number of hydrogen-bond donors (Lipinski definition) is 2. The minimum atomic E-state index is -0.738. The summed E-state index contributed by atoms with van der Waals surface area (Å²) in [4.78, 5) is 26.3. The Hall–Kier alpha value is -2.54. The maximum absolute atomic E-state index is 12.7. The highest BCUT2D eigenvalue weighted by atomic mass is 32.1. The molecule has 2 amide bonds. The van der Waals surface area contributed by atoms with Gasteiger partial charge in [-0.1, -0.05) is 12.1 Å². The van der Waals surface area contributed by atoms with Crippen molar-refractivity contribution in [3.05, 3.63) is 40.3 Å². The zero-order valence-corrected chi connectivity index (χ0v) is 16.6. The number of fused-ring (bicyclic) bond motifs is 1. The molecule has 1 aliphatic rings. The van der Waals surface area contributed by atoms with Crippen molar-refractivity contribution >= 4 is 28.2 Å². The Bertz CT molecular complexity index is 847. The average Bonchev–Trinajstić information content (AvgIpc) is 3.05. The third-order valence-electron chi connectivity index (χ3n) is 4.60. The number of methoxy groups -OCH3 is 1. The van der Waals surface area contributed by atoms with Gasteiger partial charge in [0.05, 0.1) is 12.7 Å². The SMILES string of the molecule is CNC(=O)c1c(NC(=O)C(C)Oc2ccccc2OC)sc2c1CCCC2. The van der Waals surface area contributed by atoms with Gasteiger partial charge in [0.15, 0.2) is 17.6 Å². The number of benzene rings is 1. The summed E-state index contributed by atoms with van der Waals surface area (Å²) in [6.07, 6.45) is 3.26. The summed E-state index contributed by atoms with van der Waals surface area (Å²) in [5.74, 6) is 0.599. The number of thiophene rings is 1. The number of carbonyl (C=O) groups excluding carboxylic acids is 2. The topological polar surface area (TPSA) is 76.7 Å². The summed E-state index contributed by atoms with van der Waals surface area (Å²) < 4.78 is 11.0. The summed E-state index contributed by atoms with van der Waals surface area (Å²) in [6.45, 7) is 1.68. The highest BCUT2D eigenvalue weighted by Crippen LogP contribution is 2.38. The fourth-order valence-corrected chi connectivity index (χ4v) is 4.48. The molecule has 0 saturated carbocycles. The van der Waals surface area contributed by atoms with Crippen LogP contribution in [0.4, 0.5) is 5.00 Å². The standard InChI is InChI=1S/C20H24N2O4S/c1-12(26-15-10-6-5-9-14(15)25-3)18(23)22-20-17(19(24)21-2)13-8-4-7-11-16(13)27-20/h5-6,9-10,12H,4,7-8,11H2,1-3H3,(H,21,24)(H,22,23). The largest absolute Gasteiger partial charge is 0.493 e. The number of aryl methyl sites for hydroxylation is 1. The van der Waals surface area contributed by atoms with Crippen molar-refractivity contribution in [2.75, 3.05) is 19.5 Å². The van der Waals surface area contributed by atoms with E-state index in [9.17, 15) is 9.59 Å². The Morgan fingerprint density at radius 3 is 2.56 bits per heavy atom. The molecular weight excluding hydrogens is 364 g/mol. The van der Waals surface area contributed by atoms with Crippen molar-refractivity contribution in [2.24, 2.45) is 0 Å². The number of hydrogen-bond acceptors (Lipinski definition) is 5. The Kier molecular flexibility index (Phi) is 6.01. The Balaban J connectivity index is 1.79. The van der Waals surface area contributed by atoms with Gasteiger partial charge in [-0.2, -0.15) is 0 Å². The van der Waals surface area contributed by atoms with Crippen LogP contribution in [0.15, 0.2) is 24.3 Å². The predicted molar refractivity (Wildman–Crippen MR) is 106 cm³/mol. The van der Waals surface area contributed by atoms with E-state index >= 15 is 0 Å². The second kappa shape index (κ2) is 8.43. The summed E-state index contributed by atoms with van der Waals surface area (Å²) in [5, 5.41) is 6.18. The average molecular weight is 388 g/mol. The van der Waals surface area contributed by atoms with Gasteiger partial charge in [-0.15, -0.1) is 11.3 Å². The molecule has 144 valence electrons. The van der Waals surface area contributed by atoms with E-state index in [0.29, 0.717) is 22.1 Å². The fourth-order valence-electron chi connectivity index (χ4n) is 3.19. The molecule has 0 radical (unpaired) electrons. The number of carbonyl (C=O) groups is 2. The first-order valence-corrected chi connectivity index (χ1v) is 9.84. The third kappa shape index (κ3) is 4.08. The van der Waals surface area contributed by atoms with Gasteiger partial charge in [0, 0.05) is 11.9 Å². The van der Waals surface area contributed by atoms with Crippen LogP contribution in [0.5, 0.6) is 11.5 Å². The third-order valence-corrected chi connectivity index (χ3v) is 5.81. The van der Waals surface area contributed by atoms with Crippen molar-refractivity contribution in [2.45, 2.75) is 38.7 Å². The maximum Gasteiger partial charge on any atom is 0.265 e. The van der Waals surface area contributed by atoms with E-state index in [2.05, 4.69) is 10.6 Å². The van der Waals surface area contributed by atoms with E-state index in [4.69, 9.17) is 9.47 Å². The lowest BCUT2D eigenvalue weighted by Crippen LogP contribution is -2.31. The van der Waals surface area contributed by atoms with Crippen LogP contribution in [-0.2, 0) is 17.6 Å². The lowest BCUT2D eigenvalue weighted by molar-refractivity contribution is -0.122. The Morgan fingerprint density at radius 2 is 1.85 bits per heavy atom. The molecule has 0 spiro atoms. The first-order valence-electron chi connectivity index (χ1n) is 9.02. The number of para-hydroxylation sites is 2. The van der Waals surface area contributed by atoms with Crippen molar-refractivity contribution in [1.29, 1.82) is 0 Å². The molecule has 1 aromatic carbocycles. The lowest BCUT2D eigenvalue weighted by Gasteiger charge is -2.16. The van der Waals surface area contributed by atoms with Crippen molar-refractivity contribution < 1.29 is 19.1 Å². The van der Waals surface area contributed by atoms with Crippen LogP contribution in [0.3, 0.4) is 0 Å². The maximum atomic E-state index is 12.7. The van der Waals surface area contributed by atoms with E-state index < -0.39 is 6.10 Å². The summed E-state index contributed by atoms with van der Waals surface area (Å²) in [7, 11) is 3.16.